The summed E-state index contributed by atoms with van der Waals surface area (Å²) >= 11 is 0. The van der Waals surface area contributed by atoms with E-state index in [2.05, 4.69) is 4.98 Å². The number of nitrogen functional groups attached to an aromatic ring is 2. The number of ketones is 1. The third-order valence-electron chi connectivity index (χ3n) is 3.84. The summed E-state index contributed by atoms with van der Waals surface area (Å²) in [5.74, 6) is 0.594. The first-order chi connectivity index (χ1) is 11.5. The Balaban J connectivity index is 1.74. The molecule has 0 saturated heterocycles. The Morgan fingerprint density at radius 1 is 1.00 bits per heavy atom. The summed E-state index contributed by atoms with van der Waals surface area (Å²) < 4.78 is 5.85. The van der Waals surface area contributed by atoms with E-state index in [1.165, 1.54) is 0 Å². The Morgan fingerprint density at radius 2 is 1.71 bits per heavy atom. The molecule has 5 N–H and O–H groups in total. The first kappa shape index (κ1) is 15.7. The third-order valence-corrected chi connectivity index (χ3v) is 3.84. The summed E-state index contributed by atoms with van der Waals surface area (Å²) in [6.07, 6.45) is 1.76. The highest BCUT2D eigenvalue weighted by molar-refractivity contribution is 6.09. The summed E-state index contributed by atoms with van der Waals surface area (Å²) in [7, 11) is 0. The number of aromatic nitrogens is 1. The van der Waals surface area contributed by atoms with Crippen LogP contribution in [0.4, 0.5) is 11.4 Å². The van der Waals surface area contributed by atoms with Crippen LogP contribution < -0.4 is 16.2 Å². The van der Waals surface area contributed by atoms with Gasteiger partial charge in [-0.1, -0.05) is 0 Å². The fraction of sp³-hybridized carbons (Fsp3) is 0.105. The predicted molar refractivity (Wildman–Crippen MR) is 95.0 cm³/mol. The van der Waals surface area contributed by atoms with E-state index < -0.39 is 0 Å². The number of H-pyrrole nitrogens is 1. The van der Waals surface area contributed by atoms with Gasteiger partial charge in [0.15, 0.2) is 5.78 Å². The maximum atomic E-state index is 12.5. The van der Waals surface area contributed by atoms with Crippen molar-refractivity contribution in [1.82, 2.24) is 4.98 Å². The smallest absolute Gasteiger partial charge is 0.193 e. The number of hydrogen-bond donors (Lipinski definition) is 3. The Morgan fingerprint density at radius 3 is 2.33 bits per heavy atom. The van der Waals surface area contributed by atoms with Crippen LogP contribution in [0.15, 0.2) is 60.8 Å². The number of hydrogen-bond acceptors (Lipinski definition) is 4. The summed E-state index contributed by atoms with van der Waals surface area (Å²) in [4.78, 5) is 15.6. The van der Waals surface area contributed by atoms with Gasteiger partial charge in [-0.2, -0.15) is 0 Å². The van der Waals surface area contributed by atoms with Gasteiger partial charge in [0.05, 0.1) is 17.1 Å². The maximum Gasteiger partial charge on any atom is 0.193 e. The van der Waals surface area contributed by atoms with Crippen molar-refractivity contribution in [2.45, 2.75) is 13.0 Å². The zero-order valence-electron chi connectivity index (χ0n) is 13.3. The molecule has 1 unspecified atom stereocenters. The van der Waals surface area contributed by atoms with E-state index in [1.54, 1.807) is 42.5 Å². The molecule has 5 nitrogen and oxygen atoms in total. The van der Waals surface area contributed by atoms with Crippen molar-refractivity contribution in [3.05, 3.63) is 77.6 Å². The molecule has 0 bridgehead atoms. The first-order valence-electron chi connectivity index (χ1n) is 7.64. The van der Waals surface area contributed by atoms with E-state index in [1.807, 2.05) is 25.3 Å². The zero-order valence-corrected chi connectivity index (χ0v) is 13.3. The summed E-state index contributed by atoms with van der Waals surface area (Å²) in [6.45, 7) is 1.96. The largest absolute Gasteiger partial charge is 0.485 e. The number of carbonyl (C=O) groups is 1. The minimum Gasteiger partial charge on any atom is -0.485 e. The van der Waals surface area contributed by atoms with Crippen LogP contribution in [0.1, 0.15) is 34.6 Å². The van der Waals surface area contributed by atoms with Gasteiger partial charge in [-0.15, -0.1) is 0 Å². The second kappa shape index (κ2) is 6.50. The molecule has 3 aromatic rings. The van der Waals surface area contributed by atoms with Crippen molar-refractivity contribution in [3.63, 3.8) is 0 Å². The average Bonchev–Trinajstić information content (AvgIpc) is 3.12. The molecule has 0 spiro atoms. The van der Waals surface area contributed by atoms with Crippen LogP contribution >= 0.6 is 0 Å². The Hall–Kier alpha value is -3.21. The molecule has 1 atom stereocenters. The number of nitrogens with one attached hydrogen (secondary N) is 1. The lowest BCUT2D eigenvalue weighted by Crippen LogP contribution is -2.05. The SMILES string of the molecule is CC(Oc1ccc(C(=O)c2ccc(N)c(N)c2)cc1)c1ccc[nH]1. The Kier molecular flexibility index (Phi) is 4.24. The minimum atomic E-state index is -0.106. The molecule has 24 heavy (non-hydrogen) atoms. The van der Waals surface area contributed by atoms with Gasteiger partial charge in [0, 0.05) is 17.3 Å². The molecule has 3 rings (SSSR count). The topological polar surface area (TPSA) is 94.1 Å². The molecule has 0 aliphatic carbocycles. The van der Waals surface area contributed by atoms with Crippen molar-refractivity contribution in [2.24, 2.45) is 0 Å². The number of carbonyl (C=O) groups excluding carboxylic acids is 1. The highest BCUT2D eigenvalue weighted by Crippen LogP contribution is 2.23. The lowest BCUT2D eigenvalue weighted by atomic mass is 10.0. The van der Waals surface area contributed by atoms with E-state index >= 15 is 0 Å². The standard InChI is InChI=1S/C19H19N3O2/c1-12(18-3-2-10-22-18)24-15-7-4-13(5-8-15)19(23)14-6-9-16(20)17(21)11-14/h2-12,22H,20-21H2,1H3. The zero-order chi connectivity index (χ0) is 17.1. The van der Waals surface area contributed by atoms with Crippen LogP contribution in [0.3, 0.4) is 0 Å². The molecule has 5 heteroatoms. The summed E-state index contributed by atoms with van der Waals surface area (Å²) in [6, 6.07) is 15.8. The highest BCUT2D eigenvalue weighted by Gasteiger charge is 2.12. The van der Waals surface area contributed by atoms with E-state index in [0.29, 0.717) is 28.3 Å². The van der Waals surface area contributed by atoms with Gasteiger partial charge >= 0.3 is 0 Å². The van der Waals surface area contributed by atoms with Gasteiger partial charge in [-0.05, 0) is 61.5 Å². The molecule has 0 amide bonds. The van der Waals surface area contributed by atoms with Gasteiger partial charge < -0.3 is 21.2 Å². The molecule has 0 fully saturated rings. The van der Waals surface area contributed by atoms with Crippen LogP contribution in [0.5, 0.6) is 5.75 Å². The molecule has 0 aliphatic heterocycles. The number of nitrogens with two attached hydrogens (primary N) is 2. The fourth-order valence-electron chi connectivity index (χ4n) is 2.43. The van der Waals surface area contributed by atoms with E-state index in [0.717, 1.165) is 5.69 Å². The van der Waals surface area contributed by atoms with Crippen molar-refractivity contribution in [3.8, 4) is 5.75 Å². The maximum absolute atomic E-state index is 12.5. The third kappa shape index (κ3) is 3.25. The number of anilines is 2. The predicted octanol–water partition coefficient (Wildman–Crippen LogP) is 3.55. The van der Waals surface area contributed by atoms with Crippen LogP contribution in [0, 0.1) is 0 Å². The van der Waals surface area contributed by atoms with Crippen LogP contribution in [-0.4, -0.2) is 10.8 Å². The van der Waals surface area contributed by atoms with E-state index in [4.69, 9.17) is 16.2 Å². The van der Waals surface area contributed by atoms with Gasteiger partial charge in [-0.25, -0.2) is 0 Å². The second-order valence-electron chi connectivity index (χ2n) is 5.58. The number of benzene rings is 2. The van der Waals surface area contributed by atoms with Crippen molar-refractivity contribution in [2.75, 3.05) is 11.5 Å². The van der Waals surface area contributed by atoms with Crippen LogP contribution in [0.2, 0.25) is 0 Å². The Labute approximate surface area is 140 Å². The number of ether oxygens (including phenoxy) is 1. The molecular weight excluding hydrogens is 302 g/mol. The van der Waals surface area contributed by atoms with Gasteiger partial charge in [0.25, 0.3) is 0 Å². The van der Waals surface area contributed by atoms with Gasteiger partial charge in [-0.3, -0.25) is 4.79 Å². The molecule has 0 radical (unpaired) electrons. The van der Waals surface area contributed by atoms with Crippen LogP contribution in [-0.2, 0) is 0 Å². The average molecular weight is 321 g/mol. The molecule has 122 valence electrons. The summed E-state index contributed by atoms with van der Waals surface area (Å²) in [5, 5.41) is 0. The van der Waals surface area contributed by atoms with Crippen molar-refractivity contribution in [1.29, 1.82) is 0 Å². The molecule has 1 aromatic heterocycles. The highest BCUT2D eigenvalue weighted by atomic mass is 16.5. The fourth-order valence-corrected chi connectivity index (χ4v) is 2.43. The summed E-state index contributed by atoms with van der Waals surface area (Å²) in [5.41, 5.74) is 14.4. The lowest BCUT2D eigenvalue weighted by molar-refractivity contribution is 0.103. The van der Waals surface area contributed by atoms with Crippen molar-refractivity contribution >= 4 is 17.2 Å². The second-order valence-corrected chi connectivity index (χ2v) is 5.58. The van der Waals surface area contributed by atoms with E-state index in [-0.39, 0.29) is 11.9 Å². The molecule has 1 heterocycles. The number of rotatable bonds is 5. The number of aromatic amines is 1. The first-order valence-corrected chi connectivity index (χ1v) is 7.64. The monoisotopic (exact) mass is 321 g/mol. The molecule has 0 aliphatic rings. The van der Waals surface area contributed by atoms with Gasteiger partial charge in [0.1, 0.15) is 11.9 Å². The Bertz CT molecular complexity index is 840. The lowest BCUT2D eigenvalue weighted by Gasteiger charge is -2.13. The molecule has 0 saturated carbocycles. The minimum absolute atomic E-state index is 0.0987. The molecule has 2 aromatic carbocycles. The van der Waals surface area contributed by atoms with Crippen molar-refractivity contribution < 1.29 is 9.53 Å². The van der Waals surface area contributed by atoms with Gasteiger partial charge in [0.2, 0.25) is 0 Å². The van der Waals surface area contributed by atoms with Crippen LogP contribution in [0.25, 0.3) is 0 Å². The van der Waals surface area contributed by atoms with E-state index in [9.17, 15) is 4.79 Å². The normalized spacial score (nSPS) is 11.9. The molecular formula is C19H19N3O2. The quantitative estimate of drug-likeness (QED) is 0.495.